The van der Waals surface area contributed by atoms with E-state index in [4.69, 9.17) is 4.74 Å². The molecule has 2 N–H and O–H groups in total. The maximum absolute atomic E-state index is 5.61. The first kappa shape index (κ1) is 14.6. The molecule has 1 aliphatic heterocycles. The van der Waals surface area contributed by atoms with Crippen molar-refractivity contribution in [2.24, 2.45) is 11.8 Å². The molecular weight excluding hydrogens is 248 g/mol. The van der Waals surface area contributed by atoms with Crippen LogP contribution in [0.4, 0.5) is 0 Å². The van der Waals surface area contributed by atoms with Gasteiger partial charge in [-0.3, -0.25) is 0 Å². The Morgan fingerprint density at radius 1 is 1.22 bits per heavy atom. The first-order valence-electron chi connectivity index (χ1n) is 7.40. The maximum Gasteiger partial charge on any atom is 0.0623 e. The topological polar surface area (TPSA) is 33.3 Å². The zero-order valence-corrected chi connectivity index (χ0v) is 12.2. The molecule has 2 aliphatic carbocycles. The minimum Gasteiger partial charge on any atom is -0.379 e. The predicted molar refractivity (Wildman–Crippen MR) is 76.3 cm³/mol. The van der Waals surface area contributed by atoms with Crippen LogP contribution in [0.2, 0.25) is 0 Å². The summed E-state index contributed by atoms with van der Waals surface area (Å²) in [7, 11) is 0. The average molecular weight is 275 g/mol. The van der Waals surface area contributed by atoms with Crippen LogP contribution in [0.1, 0.15) is 39.0 Å². The van der Waals surface area contributed by atoms with Gasteiger partial charge in [-0.15, -0.1) is 12.4 Å². The summed E-state index contributed by atoms with van der Waals surface area (Å²) < 4.78 is 5.61. The van der Waals surface area contributed by atoms with Crippen molar-refractivity contribution in [3.05, 3.63) is 0 Å². The third-order valence-electron chi connectivity index (χ3n) is 4.86. The summed E-state index contributed by atoms with van der Waals surface area (Å²) in [4.78, 5) is 0. The van der Waals surface area contributed by atoms with E-state index in [0.717, 1.165) is 43.7 Å². The van der Waals surface area contributed by atoms with Crippen molar-refractivity contribution in [1.29, 1.82) is 0 Å². The minimum atomic E-state index is 0. The Morgan fingerprint density at radius 3 is 2.72 bits per heavy atom. The lowest BCUT2D eigenvalue weighted by Crippen LogP contribution is -2.54. The Hall–Kier alpha value is 0.170. The van der Waals surface area contributed by atoms with Crippen molar-refractivity contribution < 1.29 is 4.74 Å². The molecule has 0 spiro atoms. The van der Waals surface area contributed by atoms with E-state index < -0.39 is 0 Å². The molecule has 3 aliphatic rings. The molecule has 0 aromatic rings. The highest BCUT2D eigenvalue weighted by Crippen LogP contribution is 2.33. The van der Waals surface area contributed by atoms with Crippen molar-refractivity contribution in [3.63, 3.8) is 0 Å². The van der Waals surface area contributed by atoms with Gasteiger partial charge in [-0.1, -0.05) is 13.3 Å². The zero-order chi connectivity index (χ0) is 11.7. The lowest BCUT2D eigenvalue weighted by atomic mass is 9.80. The van der Waals surface area contributed by atoms with Crippen molar-refractivity contribution in [1.82, 2.24) is 10.6 Å². The third kappa shape index (κ3) is 3.19. The molecular formula is C14H27ClN2O. The van der Waals surface area contributed by atoms with E-state index in [9.17, 15) is 0 Å². The molecule has 0 radical (unpaired) electrons. The molecule has 0 amide bonds. The second kappa shape index (κ2) is 6.56. The van der Waals surface area contributed by atoms with Crippen LogP contribution in [-0.2, 0) is 4.74 Å². The van der Waals surface area contributed by atoms with Gasteiger partial charge in [0.05, 0.1) is 13.2 Å². The molecule has 0 aromatic heterocycles. The van der Waals surface area contributed by atoms with Crippen LogP contribution in [0.25, 0.3) is 0 Å². The third-order valence-corrected chi connectivity index (χ3v) is 4.86. The molecule has 3 atom stereocenters. The summed E-state index contributed by atoms with van der Waals surface area (Å²) in [5, 5.41) is 7.54. The Labute approximate surface area is 117 Å². The highest BCUT2D eigenvalue weighted by atomic mass is 35.5. The molecule has 18 heavy (non-hydrogen) atoms. The van der Waals surface area contributed by atoms with Crippen molar-refractivity contribution in [3.8, 4) is 0 Å². The number of nitrogens with one attached hydrogen (secondary N) is 2. The van der Waals surface area contributed by atoms with Crippen molar-refractivity contribution in [2.75, 3.05) is 19.8 Å². The smallest absolute Gasteiger partial charge is 0.0623 e. The molecule has 106 valence electrons. The molecule has 3 rings (SSSR count). The van der Waals surface area contributed by atoms with Crippen LogP contribution in [0, 0.1) is 11.8 Å². The quantitative estimate of drug-likeness (QED) is 0.825. The predicted octanol–water partition coefficient (Wildman–Crippen LogP) is 1.95. The second-order valence-electron chi connectivity index (χ2n) is 6.28. The van der Waals surface area contributed by atoms with E-state index in [1.807, 2.05) is 0 Å². The van der Waals surface area contributed by atoms with Crippen LogP contribution in [-0.4, -0.2) is 37.9 Å². The normalized spacial score (nSPS) is 44.2. The summed E-state index contributed by atoms with van der Waals surface area (Å²) in [6, 6.07) is 2.15. The van der Waals surface area contributed by atoms with Crippen LogP contribution < -0.4 is 10.6 Å². The molecule has 2 saturated carbocycles. The van der Waals surface area contributed by atoms with E-state index in [-0.39, 0.29) is 12.4 Å². The van der Waals surface area contributed by atoms with E-state index in [1.165, 1.54) is 32.1 Å². The number of hydrogen-bond acceptors (Lipinski definition) is 3. The van der Waals surface area contributed by atoms with Gasteiger partial charge in [-0.2, -0.15) is 0 Å². The fourth-order valence-electron chi connectivity index (χ4n) is 3.88. The van der Waals surface area contributed by atoms with Gasteiger partial charge >= 0.3 is 0 Å². The molecule has 1 heterocycles. The maximum atomic E-state index is 5.61. The summed E-state index contributed by atoms with van der Waals surface area (Å²) >= 11 is 0. The fourth-order valence-corrected chi connectivity index (χ4v) is 3.88. The van der Waals surface area contributed by atoms with Gasteiger partial charge in [-0.25, -0.2) is 0 Å². The van der Waals surface area contributed by atoms with Gasteiger partial charge in [0.1, 0.15) is 0 Å². The van der Waals surface area contributed by atoms with Crippen LogP contribution in [0.3, 0.4) is 0 Å². The summed E-state index contributed by atoms with van der Waals surface area (Å²) in [6.45, 7) is 5.21. The number of ether oxygens (including phenoxy) is 1. The Balaban J connectivity index is 0.00000120. The van der Waals surface area contributed by atoms with Crippen molar-refractivity contribution >= 4 is 12.4 Å². The van der Waals surface area contributed by atoms with Gasteiger partial charge in [0.25, 0.3) is 0 Å². The van der Waals surface area contributed by atoms with Gasteiger partial charge in [0, 0.05) is 24.7 Å². The van der Waals surface area contributed by atoms with E-state index >= 15 is 0 Å². The van der Waals surface area contributed by atoms with E-state index in [1.54, 1.807) is 0 Å². The molecule has 0 bridgehead atoms. The molecule has 4 heteroatoms. The number of rotatable bonds is 3. The van der Waals surface area contributed by atoms with Crippen LogP contribution in [0.15, 0.2) is 0 Å². The largest absolute Gasteiger partial charge is 0.379 e. The van der Waals surface area contributed by atoms with E-state index in [0.29, 0.717) is 6.04 Å². The fraction of sp³-hybridized carbons (Fsp3) is 1.00. The Bertz CT molecular complexity index is 252. The number of halogens is 1. The lowest BCUT2D eigenvalue weighted by Gasteiger charge is -2.39. The van der Waals surface area contributed by atoms with Gasteiger partial charge in [0.15, 0.2) is 0 Å². The van der Waals surface area contributed by atoms with E-state index in [2.05, 4.69) is 17.6 Å². The standard InChI is InChI=1S/C14H26N2O.ClH/c1-10-7-11(8-10)16-13-4-2-3-12(13)14-9-17-6-5-15-14;/h10-16H,2-9H2,1H3;1H. The molecule has 0 aromatic carbocycles. The number of hydrogen-bond donors (Lipinski definition) is 2. The summed E-state index contributed by atoms with van der Waals surface area (Å²) in [5.74, 6) is 1.75. The summed E-state index contributed by atoms with van der Waals surface area (Å²) in [5.41, 5.74) is 0. The highest BCUT2D eigenvalue weighted by molar-refractivity contribution is 5.85. The van der Waals surface area contributed by atoms with Crippen LogP contribution >= 0.6 is 12.4 Å². The highest BCUT2D eigenvalue weighted by Gasteiger charge is 2.37. The Morgan fingerprint density at radius 2 is 2.06 bits per heavy atom. The Kier molecular flexibility index (Phi) is 5.31. The first-order valence-corrected chi connectivity index (χ1v) is 7.40. The molecule has 3 unspecified atom stereocenters. The van der Waals surface area contributed by atoms with Gasteiger partial charge in [0.2, 0.25) is 0 Å². The van der Waals surface area contributed by atoms with Gasteiger partial charge in [-0.05, 0) is 37.5 Å². The first-order chi connectivity index (χ1) is 8.33. The lowest BCUT2D eigenvalue weighted by molar-refractivity contribution is 0.0497. The SMILES string of the molecule is CC1CC(NC2CCCC2C2COCCN2)C1.Cl. The van der Waals surface area contributed by atoms with Crippen LogP contribution in [0.5, 0.6) is 0 Å². The molecule has 1 saturated heterocycles. The second-order valence-corrected chi connectivity index (χ2v) is 6.28. The minimum absolute atomic E-state index is 0. The summed E-state index contributed by atoms with van der Waals surface area (Å²) in [6.07, 6.45) is 6.91. The van der Waals surface area contributed by atoms with Crippen molar-refractivity contribution in [2.45, 2.75) is 57.2 Å². The molecule has 3 fully saturated rings. The zero-order valence-electron chi connectivity index (χ0n) is 11.4. The van der Waals surface area contributed by atoms with Gasteiger partial charge < -0.3 is 15.4 Å². The monoisotopic (exact) mass is 274 g/mol. The average Bonchev–Trinajstić information content (AvgIpc) is 2.76. The molecule has 3 nitrogen and oxygen atoms in total. The number of morpholine rings is 1.